The summed E-state index contributed by atoms with van der Waals surface area (Å²) in [4.78, 5) is 14.6. The van der Waals surface area contributed by atoms with Crippen LogP contribution >= 0.6 is 0 Å². The van der Waals surface area contributed by atoms with Gasteiger partial charge < -0.3 is 4.84 Å². The molecule has 0 amide bonds. The predicted molar refractivity (Wildman–Crippen MR) is 47.3 cm³/mol. The van der Waals surface area contributed by atoms with E-state index in [1.165, 1.54) is 0 Å². The Labute approximate surface area is 72.0 Å². The molecule has 66 valence electrons. The quantitative estimate of drug-likeness (QED) is 0.478. The van der Waals surface area contributed by atoms with Gasteiger partial charge in [0.2, 0.25) is 0 Å². The first-order chi connectivity index (χ1) is 5.75. The fraction of sp³-hybridized carbons (Fsp3) is 0.556. The van der Waals surface area contributed by atoms with E-state index in [1.54, 1.807) is 0 Å². The first-order valence-corrected chi connectivity index (χ1v) is 4.09. The Balaban J connectivity index is 2.63. The Morgan fingerprint density at radius 3 is 2.58 bits per heavy atom. The Bertz CT molecular complexity index is 209. The molecule has 3 heteroatoms. The van der Waals surface area contributed by atoms with E-state index in [2.05, 4.69) is 24.0 Å². The van der Waals surface area contributed by atoms with E-state index in [0.29, 0.717) is 5.92 Å². The second kappa shape index (κ2) is 4.04. The molecule has 0 radical (unpaired) electrons. The maximum Gasteiger partial charge on any atom is 0.155 e. The lowest BCUT2D eigenvalue weighted by Crippen LogP contribution is -2.24. The van der Waals surface area contributed by atoms with E-state index in [-0.39, 0.29) is 12.0 Å². The number of hydrogen-bond acceptors (Lipinski definition) is 3. The summed E-state index contributed by atoms with van der Waals surface area (Å²) in [5, 5.41) is 2.46. The van der Waals surface area contributed by atoms with Crippen LogP contribution in [0.25, 0.3) is 0 Å². The van der Waals surface area contributed by atoms with Crippen LogP contribution in [0, 0.1) is 16.7 Å². The number of nitrogens with zero attached hydrogens (tertiary/aromatic N) is 1. The van der Waals surface area contributed by atoms with Crippen LogP contribution in [-0.2, 0) is 4.84 Å². The fourth-order valence-corrected chi connectivity index (χ4v) is 1.36. The summed E-state index contributed by atoms with van der Waals surface area (Å²) in [6.45, 7) is 4.19. The molecule has 0 aliphatic heterocycles. The van der Waals surface area contributed by atoms with Gasteiger partial charge in [0.05, 0.1) is 0 Å². The molecule has 1 aliphatic rings. The summed E-state index contributed by atoms with van der Waals surface area (Å²) in [6, 6.07) is 0. The molecule has 0 aromatic carbocycles. The minimum atomic E-state index is -0.188. The highest BCUT2D eigenvalue weighted by Gasteiger charge is 2.23. The first kappa shape index (κ1) is 8.97. The first-order valence-electron chi connectivity index (χ1n) is 4.09. The molecule has 0 spiro atoms. The number of rotatable bonds is 3. The van der Waals surface area contributed by atoms with Gasteiger partial charge in [-0.25, -0.2) is 0 Å². The van der Waals surface area contributed by atoms with Crippen molar-refractivity contribution in [1.29, 1.82) is 0 Å². The normalized spacial score (nSPS) is 27.6. The van der Waals surface area contributed by atoms with E-state index in [4.69, 9.17) is 0 Å². The molecule has 0 heterocycles. The van der Waals surface area contributed by atoms with Crippen LogP contribution in [0.1, 0.15) is 13.8 Å². The molecule has 0 N–H and O–H groups in total. The zero-order valence-corrected chi connectivity index (χ0v) is 7.31. The number of allylic oxidation sites excluding steroid dienone is 2. The monoisotopic (exact) mass is 167 g/mol. The Morgan fingerprint density at radius 1 is 1.33 bits per heavy atom. The van der Waals surface area contributed by atoms with Crippen molar-refractivity contribution >= 4 is 0 Å². The van der Waals surface area contributed by atoms with Crippen LogP contribution in [0.5, 0.6) is 0 Å². The summed E-state index contributed by atoms with van der Waals surface area (Å²) in [6.07, 6.45) is 7.55. The second-order valence-electron chi connectivity index (χ2n) is 3.24. The third-order valence-electron chi connectivity index (χ3n) is 2.06. The highest BCUT2D eigenvalue weighted by Crippen LogP contribution is 2.23. The number of hydrogen-bond donors (Lipinski definition) is 0. The zero-order valence-electron chi connectivity index (χ0n) is 7.31. The Morgan fingerprint density at radius 2 is 2.00 bits per heavy atom. The molecule has 0 fully saturated rings. The average Bonchev–Trinajstić information content (AvgIpc) is 2.05. The Hall–Kier alpha value is -1.12. The minimum absolute atomic E-state index is 0.188. The van der Waals surface area contributed by atoms with Gasteiger partial charge in [0.25, 0.3) is 0 Å². The molecule has 0 saturated carbocycles. The van der Waals surface area contributed by atoms with Crippen LogP contribution in [0.4, 0.5) is 0 Å². The molecule has 0 bridgehead atoms. The van der Waals surface area contributed by atoms with Crippen LogP contribution in [-0.4, -0.2) is 6.10 Å². The topological polar surface area (TPSA) is 38.7 Å². The molecule has 12 heavy (non-hydrogen) atoms. The van der Waals surface area contributed by atoms with E-state index in [9.17, 15) is 4.91 Å². The maximum absolute atomic E-state index is 9.91. The van der Waals surface area contributed by atoms with Gasteiger partial charge in [-0.3, -0.25) is 0 Å². The third kappa shape index (κ3) is 1.94. The lowest BCUT2D eigenvalue weighted by molar-refractivity contribution is 0.0459. The van der Waals surface area contributed by atoms with Crippen molar-refractivity contribution in [2.45, 2.75) is 20.0 Å². The van der Waals surface area contributed by atoms with Crippen molar-refractivity contribution in [3.05, 3.63) is 29.2 Å². The van der Waals surface area contributed by atoms with E-state index < -0.39 is 0 Å². The van der Waals surface area contributed by atoms with Crippen molar-refractivity contribution in [2.24, 2.45) is 17.2 Å². The summed E-state index contributed by atoms with van der Waals surface area (Å²) in [5.41, 5.74) is 0. The second-order valence-corrected chi connectivity index (χ2v) is 3.24. The Kier molecular flexibility index (Phi) is 3.02. The van der Waals surface area contributed by atoms with Crippen LogP contribution in [0.2, 0.25) is 0 Å². The van der Waals surface area contributed by atoms with Gasteiger partial charge in [-0.05, 0) is 12.0 Å². The van der Waals surface area contributed by atoms with Gasteiger partial charge in [-0.15, -0.1) is 4.91 Å². The van der Waals surface area contributed by atoms with Crippen molar-refractivity contribution in [2.75, 3.05) is 0 Å². The molecule has 0 saturated heterocycles. The van der Waals surface area contributed by atoms with Crippen molar-refractivity contribution in [3.63, 3.8) is 0 Å². The summed E-state index contributed by atoms with van der Waals surface area (Å²) in [7, 11) is 0. The van der Waals surface area contributed by atoms with Gasteiger partial charge >= 0.3 is 0 Å². The van der Waals surface area contributed by atoms with Crippen LogP contribution in [0.15, 0.2) is 29.6 Å². The highest BCUT2D eigenvalue weighted by atomic mass is 16.7. The molecular formula is C9H13NO2. The minimum Gasteiger partial charge on any atom is -0.356 e. The van der Waals surface area contributed by atoms with Crippen molar-refractivity contribution in [1.82, 2.24) is 0 Å². The van der Waals surface area contributed by atoms with Crippen LogP contribution < -0.4 is 0 Å². The van der Waals surface area contributed by atoms with E-state index in [0.717, 1.165) is 0 Å². The van der Waals surface area contributed by atoms with Gasteiger partial charge in [-0.2, -0.15) is 0 Å². The van der Waals surface area contributed by atoms with Gasteiger partial charge in [0.15, 0.2) is 11.4 Å². The van der Waals surface area contributed by atoms with Gasteiger partial charge in [0, 0.05) is 5.92 Å². The molecule has 0 aromatic heterocycles. The standard InChI is InChI=1S/C9H13NO2/c1-7(2)8-5-3-4-6-9(8)12-10-11/h3-9H,1-2H3. The summed E-state index contributed by atoms with van der Waals surface area (Å²) >= 11 is 0. The van der Waals surface area contributed by atoms with E-state index in [1.807, 2.05) is 24.3 Å². The van der Waals surface area contributed by atoms with Crippen LogP contribution in [0.3, 0.4) is 0 Å². The fourth-order valence-electron chi connectivity index (χ4n) is 1.36. The summed E-state index contributed by atoms with van der Waals surface area (Å²) < 4.78 is 0. The third-order valence-corrected chi connectivity index (χ3v) is 2.06. The summed E-state index contributed by atoms with van der Waals surface area (Å²) in [5.74, 6) is 0.714. The highest BCUT2D eigenvalue weighted by molar-refractivity contribution is 5.15. The SMILES string of the molecule is CC(C)C1C=CC=CC1ON=O. The molecule has 0 aromatic rings. The van der Waals surface area contributed by atoms with E-state index >= 15 is 0 Å². The zero-order chi connectivity index (χ0) is 8.97. The molecule has 1 aliphatic carbocycles. The maximum atomic E-state index is 9.91. The largest absolute Gasteiger partial charge is 0.356 e. The van der Waals surface area contributed by atoms with Gasteiger partial charge in [0.1, 0.15) is 0 Å². The lowest BCUT2D eigenvalue weighted by atomic mass is 9.87. The van der Waals surface area contributed by atoms with Gasteiger partial charge in [-0.1, -0.05) is 32.1 Å². The predicted octanol–water partition coefficient (Wildman–Crippen LogP) is 2.45. The smallest absolute Gasteiger partial charge is 0.155 e. The molecule has 2 unspecified atom stereocenters. The molecular weight excluding hydrogens is 154 g/mol. The molecule has 1 rings (SSSR count). The molecule has 2 atom stereocenters. The lowest BCUT2D eigenvalue weighted by Gasteiger charge is -2.23. The average molecular weight is 167 g/mol. The molecule has 3 nitrogen and oxygen atoms in total. The van der Waals surface area contributed by atoms with Crippen molar-refractivity contribution in [3.8, 4) is 0 Å². The van der Waals surface area contributed by atoms with Crippen molar-refractivity contribution < 1.29 is 4.84 Å².